The molecule has 0 bridgehead atoms. The number of ether oxygens (including phenoxy) is 1. The number of hydrogen-bond acceptors (Lipinski definition) is 5. The van der Waals surface area contributed by atoms with Crippen LogP contribution >= 0.6 is 0 Å². The van der Waals surface area contributed by atoms with Gasteiger partial charge in [0.2, 0.25) is 11.9 Å². The Morgan fingerprint density at radius 2 is 2.33 bits per heavy atom. The highest BCUT2D eigenvalue weighted by atomic mass is 16.5. The lowest BCUT2D eigenvalue weighted by molar-refractivity contribution is -0.125. The van der Waals surface area contributed by atoms with Crippen molar-refractivity contribution in [3.63, 3.8) is 0 Å². The molecule has 0 radical (unpaired) electrons. The molecule has 110 valence electrons. The van der Waals surface area contributed by atoms with Gasteiger partial charge in [0.1, 0.15) is 11.6 Å². The van der Waals surface area contributed by atoms with Gasteiger partial charge in [-0.3, -0.25) is 9.89 Å². The Kier molecular flexibility index (Phi) is 3.72. The Morgan fingerprint density at radius 1 is 1.48 bits per heavy atom. The summed E-state index contributed by atoms with van der Waals surface area (Å²) in [6, 6.07) is 7.83. The predicted molar refractivity (Wildman–Crippen MR) is 76.4 cm³/mol. The van der Waals surface area contributed by atoms with Crippen LogP contribution in [0.5, 0.6) is 5.75 Å². The molecule has 1 aliphatic rings. The highest BCUT2D eigenvalue weighted by molar-refractivity contribution is 5.79. The maximum Gasteiger partial charge on any atom is 0.239 e. The fourth-order valence-electron chi connectivity index (χ4n) is 2.42. The third-order valence-electron chi connectivity index (χ3n) is 3.51. The number of fused-ring (bicyclic) bond motifs is 1. The zero-order chi connectivity index (χ0) is 14.7. The standard InChI is InChI=1S/C14H17N5O2/c15-14-17-12(18-19-14)8-16-13(20)10-5-6-21-11-4-2-1-3-9(11)7-10/h1-4,10H,5-8H2,(H,16,20)(H3,15,17,18,19)/t10-/m0/s1. The van der Waals surface area contributed by atoms with Crippen molar-refractivity contribution in [3.05, 3.63) is 35.7 Å². The number of nitrogens with one attached hydrogen (secondary N) is 2. The van der Waals surface area contributed by atoms with Gasteiger partial charge in [-0.05, 0) is 24.5 Å². The number of nitrogens with two attached hydrogens (primary N) is 1. The number of aromatic amines is 1. The molecule has 1 aliphatic heterocycles. The van der Waals surface area contributed by atoms with Crippen LogP contribution in [-0.4, -0.2) is 27.7 Å². The normalized spacial score (nSPS) is 17.4. The molecule has 0 unspecified atom stereocenters. The molecule has 7 heteroatoms. The summed E-state index contributed by atoms with van der Waals surface area (Å²) in [7, 11) is 0. The van der Waals surface area contributed by atoms with Crippen LogP contribution in [0.4, 0.5) is 5.95 Å². The van der Waals surface area contributed by atoms with Crippen LogP contribution in [-0.2, 0) is 17.8 Å². The maximum atomic E-state index is 12.3. The number of carbonyl (C=O) groups is 1. The quantitative estimate of drug-likeness (QED) is 0.768. The number of amides is 1. The van der Waals surface area contributed by atoms with Crippen LogP contribution in [0.1, 0.15) is 17.8 Å². The Bertz CT molecular complexity index is 640. The molecule has 0 fully saturated rings. The van der Waals surface area contributed by atoms with E-state index >= 15 is 0 Å². The number of rotatable bonds is 3. The Morgan fingerprint density at radius 3 is 3.14 bits per heavy atom. The van der Waals surface area contributed by atoms with E-state index in [0.717, 1.165) is 11.3 Å². The molecule has 0 aliphatic carbocycles. The topological polar surface area (TPSA) is 106 Å². The van der Waals surface area contributed by atoms with Crippen molar-refractivity contribution in [2.24, 2.45) is 5.92 Å². The van der Waals surface area contributed by atoms with Crippen molar-refractivity contribution >= 4 is 11.9 Å². The van der Waals surface area contributed by atoms with Gasteiger partial charge < -0.3 is 15.8 Å². The number of hydrogen-bond donors (Lipinski definition) is 3. The number of carbonyl (C=O) groups excluding carboxylic acids is 1. The molecule has 4 N–H and O–H groups in total. The first-order valence-electron chi connectivity index (χ1n) is 6.87. The average Bonchev–Trinajstić information content (AvgIpc) is 2.79. The second-order valence-electron chi connectivity index (χ2n) is 5.00. The van der Waals surface area contributed by atoms with E-state index in [9.17, 15) is 4.79 Å². The van der Waals surface area contributed by atoms with Crippen molar-refractivity contribution in [1.29, 1.82) is 0 Å². The number of benzene rings is 1. The molecule has 0 spiro atoms. The monoisotopic (exact) mass is 287 g/mol. The van der Waals surface area contributed by atoms with E-state index in [2.05, 4.69) is 20.5 Å². The van der Waals surface area contributed by atoms with Gasteiger partial charge in [0, 0.05) is 5.92 Å². The SMILES string of the molecule is Nc1n[nH]c(CNC(=O)[C@H]2CCOc3ccccc3C2)n1. The van der Waals surface area contributed by atoms with E-state index in [1.54, 1.807) is 0 Å². The van der Waals surface area contributed by atoms with Gasteiger partial charge in [-0.15, -0.1) is 5.10 Å². The summed E-state index contributed by atoms with van der Waals surface area (Å²) in [6.45, 7) is 0.840. The van der Waals surface area contributed by atoms with Crippen LogP contribution < -0.4 is 15.8 Å². The summed E-state index contributed by atoms with van der Waals surface area (Å²) >= 11 is 0. The molecule has 1 amide bonds. The summed E-state index contributed by atoms with van der Waals surface area (Å²) in [5, 5.41) is 9.25. The summed E-state index contributed by atoms with van der Waals surface area (Å²) in [6.07, 6.45) is 1.37. The highest BCUT2D eigenvalue weighted by Crippen LogP contribution is 2.26. The molecule has 1 aromatic carbocycles. The lowest BCUT2D eigenvalue weighted by Crippen LogP contribution is -2.32. The molecule has 2 heterocycles. The molecular weight excluding hydrogens is 270 g/mol. The van der Waals surface area contributed by atoms with Crippen molar-refractivity contribution in [2.75, 3.05) is 12.3 Å². The van der Waals surface area contributed by atoms with Crippen LogP contribution in [0.25, 0.3) is 0 Å². The van der Waals surface area contributed by atoms with Crippen molar-refractivity contribution < 1.29 is 9.53 Å². The molecule has 1 aromatic heterocycles. The number of nitrogens with zero attached hydrogens (tertiary/aromatic N) is 2. The van der Waals surface area contributed by atoms with Gasteiger partial charge in [0.15, 0.2) is 0 Å². The van der Waals surface area contributed by atoms with Crippen LogP contribution in [0.3, 0.4) is 0 Å². The third-order valence-corrected chi connectivity index (χ3v) is 3.51. The molecule has 21 heavy (non-hydrogen) atoms. The van der Waals surface area contributed by atoms with Crippen LogP contribution in [0, 0.1) is 5.92 Å². The van der Waals surface area contributed by atoms with Crippen molar-refractivity contribution in [1.82, 2.24) is 20.5 Å². The highest BCUT2D eigenvalue weighted by Gasteiger charge is 2.23. The van der Waals surface area contributed by atoms with Gasteiger partial charge in [-0.25, -0.2) is 0 Å². The van der Waals surface area contributed by atoms with E-state index in [-0.39, 0.29) is 17.8 Å². The van der Waals surface area contributed by atoms with E-state index in [1.165, 1.54) is 0 Å². The smallest absolute Gasteiger partial charge is 0.239 e. The summed E-state index contributed by atoms with van der Waals surface area (Å²) in [4.78, 5) is 16.2. The van der Waals surface area contributed by atoms with E-state index in [0.29, 0.717) is 31.8 Å². The largest absolute Gasteiger partial charge is 0.493 e. The van der Waals surface area contributed by atoms with Gasteiger partial charge in [-0.1, -0.05) is 18.2 Å². The van der Waals surface area contributed by atoms with Gasteiger partial charge in [0.25, 0.3) is 0 Å². The second kappa shape index (κ2) is 5.82. The van der Waals surface area contributed by atoms with E-state index in [4.69, 9.17) is 10.5 Å². The van der Waals surface area contributed by atoms with Crippen LogP contribution in [0.2, 0.25) is 0 Å². The van der Waals surface area contributed by atoms with Gasteiger partial charge in [-0.2, -0.15) is 4.98 Å². The Hall–Kier alpha value is -2.57. The fraction of sp³-hybridized carbons (Fsp3) is 0.357. The molecule has 2 aromatic rings. The molecule has 3 rings (SSSR count). The predicted octanol–water partition coefficient (Wildman–Crippen LogP) is 0.644. The number of aromatic nitrogens is 3. The maximum absolute atomic E-state index is 12.3. The van der Waals surface area contributed by atoms with Crippen molar-refractivity contribution in [3.8, 4) is 5.75 Å². The summed E-state index contributed by atoms with van der Waals surface area (Å²) < 4.78 is 5.67. The van der Waals surface area contributed by atoms with E-state index < -0.39 is 0 Å². The first-order valence-corrected chi connectivity index (χ1v) is 6.87. The van der Waals surface area contributed by atoms with Gasteiger partial charge in [0.05, 0.1) is 13.2 Å². The molecule has 7 nitrogen and oxygen atoms in total. The number of para-hydroxylation sites is 1. The zero-order valence-corrected chi connectivity index (χ0v) is 11.5. The average molecular weight is 287 g/mol. The second-order valence-corrected chi connectivity index (χ2v) is 5.00. The minimum atomic E-state index is -0.103. The van der Waals surface area contributed by atoms with Crippen molar-refractivity contribution in [2.45, 2.75) is 19.4 Å². The minimum Gasteiger partial charge on any atom is -0.493 e. The molecule has 0 saturated heterocycles. The third kappa shape index (κ3) is 3.13. The van der Waals surface area contributed by atoms with Gasteiger partial charge >= 0.3 is 0 Å². The number of anilines is 1. The number of nitrogen functional groups attached to an aromatic ring is 1. The first-order chi connectivity index (χ1) is 10.2. The minimum absolute atomic E-state index is 0.00901. The van der Waals surface area contributed by atoms with E-state index in [1.807, 2.05) is 24.3 Å². The summed E-state index contributed by atoms with van der Waals surface area (Å²) in [5.74, 6) is 1.48. The Balaban J connectivity index is 1.62. The Labute approximate surface area is 121 Å². The fourth-order valence-corrected chi connectivity index (χ4v) is 2.42. The zero-order valence-electron chi connectivity index (χ0n) is 11.5. The molecule has 1 atom stereocenters. The first kappa shape index (κ1) is 13.4. The molecular formula is C14H17N5O2. The van der Waals surface area contributed by atoms with Crippen LogP contribution in [0.15, 0.2) is 24.3 Å². The number of H-pyrrole nitrogens is 1. The lowest BCUT2D eigenvalue weighted by Gasteiger charge is -2.13. The molecule has 0 saturated carbocycles. The lowest BCUT2D eigenvalue weighted by atomic mass is 9.96. The summed E-state index contributed by atoms with van der Waals surface area (Å²) in [5.41, 5.74) is 6.49.